The number of halogens is 1. The van der Waals surface area contributed by atoms with Crippen LogP contribution in [0.2, 0.25) is 0 Å². The van der Waals surface area contributed by atoms with E-state index in [2.05, 4.69) is 42.0 Å². The van der Waals surface area contributed by atoms with Crippen molar-refractivity contribution < 1.29 is 0 Å². The zero-order valence-electron chi connectivity index (χ0n) is 11.2. The second kappa shape index (κ2) is 7.10. The molecule has 0 spiro atoms. The molecule has 2 atom stereocenters. The third-order valence-electron chi connectivity index (χ3n) is 3.10. The molecule has 0 aliphatic heterocycles. The van der Waals surface area contributed by atoms with Crippen LogP contribution in [0.3, 0.4) is 0 Å². The van der Waals surface area contributed by atoms with Crippen molar-refractivity contribution in [2.45, 2.75) is 39.7 Å². The van der Waals surface area contributed by atoms with Gasteiger partial charge in [0.1, 0.15) is 4.99 Å². The van der Waals surface area contributed by atoms with E-state index in [4.69, 9.17) is 18.0 Å². The van der Waals surface area contributed by atoms with Gasteiger partial charge >= 0.3 is 0 Å². The first-order valence-corrected chi connectivity index (χ1v) is 7.50. The van der Waals surface area contributed by atoms with Crippen LogP contribution in [-0.2, 0) is 0 Å². The zero-order valence-corrected chi connectivity index (χ0v) is 13.6. The standard InChI is InChI=1S/C14H21BrN2S/c1-4-9(2)7-10(3)17-13-8-11(15)5-6-12(13)14(16)18/h5-6,8-10,17H,4,7H2,1-3H3,(H2,16,18). The van der Waals surface area contributed by atoms with Gasteiger partial charge in [-0.1, -0.05) is 48.4 Å². The topological polar surface area (TPSA) is 38.0 Å². The summed E-state index contributed by atoms with van der Waals surface area (Å²) < 4.78 is 1.03. The van der Waals surface area contributed by atoms with Crippen LogP contribution in [0.25, 0.3) is 0 Å². The van der Waals surface area contributed by atoms with Crippen LogP contribution in [0.4, 0.5) is 5.69 Å². The van der Waals surface area contributed by atoms with Crippen LogP contribution in [-0.4, -0.2) is 11.0 Å². The lowest BCUT2D eigenvalue weighted by Gasteiger charge is -2.20. The quantitative estimate of drug-likeness (QED) is 0.764. The molecule has 2 unspecified atom stereocenters. The van der Waals surface area contributed by atoms with E-state index >= 15 is 0 Å². The summed E-state index contributed by atoms with van der Waals surface area (Å²) in [6, 6.07) is 6.34. The zero-order chi connectivity index (χ0) is 13.7. The Morgan fingerprint density at radius 2 is 2.11 bits per heavy atom. The molecule has 1 rings (SSSR count). The van der Waals surface area contributed by atoms with Crippen LogP contribution >= 0.6 is 28.1 Å². The van der Waals surface area contributed by atoms with Gasteiger partial charge in [0.05, 0.1) is 0 Å². The molecule has 3 N–H and O–H groups in total. The van der Waals surface area contributed by atoms with Crippen molar-refractivity contribution in [2.24, 2.45) is 11.7 Å². The first-order chi connectivity index (χ1) is 8.43. The number of hydrogen-bond acceptors (Lipinski definition) is 2. The summed E-state index contributed by atoms with van der Waals surface area (Å²) >= 11 is 8.55. The van der Waals surface area contributed by atoms with Gasteiger partial charge in [0.2, 0.25) is 0 Å². The van der Waals surface area contributed by atoms with Gasteiger partial charge in [0.25, 0.3) is 0 Å². The molecule has 18 heavy (non-hydrogen) atoms. The van der Waals surface area contributed by atoms with Crippen molar-refractivity contribution in [1.29, 1.82) is 0 Å². The SMILES string of the molecule is CCC(C)CC(C)Nc1cc(Br)ccc1C(N)=S. The van der Waals surface area contributed by atoms with Crippen LogP contribution in [0.5, 0.6) is 0 Å². The van der Waals surface area contributed by atoms with E-state index in [-0.39, 0.29) is 0 Å². The van der Waals surface area contributed by atoms with E-state index < -0.39 is 0 Å². The maximum Gasteiger partial charge on any atom is 0.106 e. The number of hydrogen-bond donors (Lipinski definition) is 2. The van der Waals surface area contributed by atoms with E-state index in [0.717, 1.165) is 22.1 Å². The molecule has 0 amide bonds. The molecule has 0 bridgehead atoms. The molecule has 1 aromatic carbocycles. The van der Waals surface area contributed by atoms with Crippen LogP contribution in [0.15, 0.2) is 22.7 Å². The lowest BCUT2D eigenvalue weighted by molar-refractivity contribution is 0.484. The molecule has 2 nitrogen and oxygen atoms in total. The second-order valence-corrected chi connectivity index (χ2v) is 6.20. The van der Waals surface area contributed by atoms with Gasteiger partial charge in [-0.05, 0) is 37.5 Å². The fourth-order valence-electron chi connectivity index (χ4n) is 1.95. The summed E-state index contributed by atoms with van der Waals surface area (Å²) in [5, 5.41) is 3.50. The molecule has 0 heterocycles. The minimum atomic E-state index is 0.405. The Labute approximate surface area is 123 Å². The highest BCUT2D eigenvalue weighted by atomic mass is 79.9. The monoisotopic (exact) mass is 328 g/mol. The highest BCUT2D eigenvalue weighted by Crippen LogP contribution is 2.23. The van der Waals surface area contributed by atoms with Crippen molar-refractivity contribution in [1.82, 2.24) is 0 Å². The number of rotatable bonds is 6. The number of nitrogens with two attached hydrogens (primary N) is 1. The molecular formula is C14H21BrN2S. The molecule has 0 fully saturated rings. The molecule has 0 aliphatic rings. The predicted octanol–water partition coefficient (Wildman–Crippen LogP) is 4.32. The Hall–Kier alpha value is -0.610. The first kappa shape index (κ1) is 15.4. The Balaban J connectivity index is 2.82. The molecule has 0 aliphatic carbocycles. The molecule has 0 aromatic heterocycles. The predicted molar refractivity (Wildman–Crippen MR) is 87.2 cm³/mol. The largest absolute Gasteiger partial charge is 0.389 e. The van der Waals surface area contributed by atoms with Gasteiger partial charge in [0.15, 0.2) is 0 Å². The van der Waals surface area contributed by atoms with Gasteiger partial charge in [-0.3, -0.25) is 0 Å². The number of nitrogens with one attached hydrogen (secondary N) is 1. The van der Waals surface area contributed by atoms with E-state index in [1.165, 1.54) is 6.42 Å². The van der Waals surface area contributed by atoms with Gasteiger partial charge < -0.3 is 11.1 Å². The van der Waals surface area contributed by atoms with Crippen molar-refractivity contribution in [3.8, 4) is 0 Å². The van der Waals surface area contributed by atoms with Gasteiger partial charge in [0, 0.05) is 21.8 Å². The fourth-order valence-corrected chi connectivity index (χ4v) is 2.48. The number of thiocarbonyl (C=S) groups is 1. The van der Waals surface area contributed by atoms with E-state index in [1.807, 2.05) is 18.2 Å². The molecule has 100 valence electrons. The van der Waals surface area contributed by atoms with Gasteiger partial charge in [-0.2, -0.15) is 0 Å². The highest BCUT2D eigenvalue weighted by molar-refractivity contribution is 9.10. The Kier molecular flexibility index (Phi) is 6.09. The fraction of sp³-hybridized carbons (Fsp3) is 0.500. The summed E-state index contributed by atoms with van der Waals surface area (Å²) in [5.74, 6) is 0.716. The lowest BCUT2D eigenvalue weighted by atomic mass is 10.00. The maximum absolute atomic E-state index is 5.74. The summed E-state index contributed by atoms with van der Waals surface area (Å²) in [6.07, 6.45) is 2.34. The number of anilines is 1. The molecule has 0 saturated heterocycles. The van der Waals surface area contributed by atoms with E-state index in [9.17, 15) is 0 Å². The summed E-state index contributed by atoms with van der Waals surface area (Å²) in [7, 11) is 0. The molecule has 0 radical (unpaired) electrons. The Morgan fingerprint density at radius 1 is 1.44 bits per heavy atom. The highest BCUT2D eigenvalue weighted by Gasteiger charge is 2.11. The third kappa shape index (κ3) is 4.58. The average Bonchev–Trinajstić information content (AvgIpc) is 2.28. The molecule has 1 aromatic rings. The van der Waals surface area contributed by atoms with Crippen molar-refractivity contribution in [3.05, 3.63) is 28.2 Å². The minimum Gasteiger partial charge on any atom is -0.389 e. The van der Waals surface area contributed by atoms with Gasteiger partial charge in [-0.25, -0.2) is 0 Å². The maximum atomic E-state index is 5.74. The molecule has 4 heteroatoms. The summed E-state index contributed by atoms with van der Waals surface area (Å²) in [4.78, 5) is 0.431. The minimum absolute atomic E-state index is 0.405. The van der Waals surface area contributed by atoms with Crippen molar-refractivity contribution in [3.63, 3.8) is 0 Å². The second-order valence-electron chi connectivity index (χ2n) is 4.85. The molecular weight excluding hydrogens is 308 g/mol. The average molecular weight is 329 g/mol. The lowest BCUT2D eigenvalue weighted by Crippen LogP contribution is -2.21. The van der Waals surface area contributed by atoms with Crippen LogP contribution < -0.4 is 11.1 Å². The first-order valence-electron chi connectivity index (χ1n) is 6.30. The van der Waals surface area contributed by atoms with Crippen LogP contribution in [0.1, 0.15) is 39.2 Å². The van der Waals surface area contributed by atoms with E-state index in [1.54, 1.807) is 0 Å². The normalized spacial score (nSPS) is 14.0. The molecule has 0 saturated carbocycles. The van der Waals surface area contributed by atoms with Crippen LogP contribution in [0, 0.1) is 5.92 Å². The van der Waals surface area contributed by atoms with Gasteiger partial charge in [-0.15, -0.1) is 0 Å². The Bertz CT molecular complexity index is 420. The summed E-state index contributed by atoms with van der Waals surface area (Å²) in [6.45, 7) is 6.68. The van der Waals surface area contributed by atoms with Crippen molar-refractivity contribution >= 4 is 38.8 Å². The third-order valence-corrected chi connectivity index (χ3v) is 3.81. The van der Waals surface area contributed by atoms with Crippen molar-refractivity contribution in [2.75, 3.05) is 5.32 Å². The van der Waals surface area contributed by atoms with E-state index in [0.29, 0.717) is 16.9 Å². The Morgan fingerprint density at radius 3 is 2.67 bits per heavy atom. The smallest absolute Gasteiger partial charge is 0.106 e. The summed E-state index contributed by atoms with van der Waals surface area (Å²) in [5.41, 5.74) is 7.66. The number of benzene rings is 1.